The standard InChI is InChI=1S/C19H15FN2O2S/c1-10-3-5-14-17(7-10)25-19(22-14)21-9-15(23)18-11(2)13-8-12(20)4-6-16(13)24-18/h3-8H,9H2,1-2H3,(H,21,22). The monoisotopic (exact) mass is 354 g/mol. The summed E-state index contributed by atoms with van der Waals surface area (Å²) in [7, 11) is 0. The summed E-state index contributed by atoms with van der Waals surface area (Å²) in [5, 5.41) is 4.37. The number of anilines is 1. The van der Waals surface area contributed by atoms with Crippen LogP contribution in [-0.2, 0) is 0 Å². The van der Waals surface area contributed by atoms with Gasteiger partial charge in [-0.2, -0.15) is 0 Å². The minimum atomic E-state index is -0.349. The molecule has 0 amide bonds. The maximum Gasteiger partial charge on any atom is 0.217 e. The van der Waals surface area contributed by atoms with Gasteiger partial charge in [0.05, 0.1) is 16.8 Å². The lowest BCUT2D eigenvalue weighted by atomic mass is 10.1. The molecule has 0 unspecified atom stereocenters. The zero-order valence-corrected chi connectivity index (χ0v) is 14.5. The van der Waals surface area contributed by atoms with Gasteiger partial charge in [-0.15, -0.1) is 0 Å². The first-order chi connectivity index (χ1) is 12.0. The van der Waals surface area contributed by atoms with E-state index < -0.39 is 0 Å². The summed E-state index contributed by atoms with van der Waals surface area (Å²) in [5.74, 6) is -0.284. The highest BCUT2D eigenvalue weighted by Gasteiger charge is 2.18. The molecule has 2 heterocycles. The molecule has 0 spiro atoms. The number of rotatable bonds is 4. The van der Waals surface area contributed by atoms with E-state index in [2.05, 4.69) is 16.4 Å². The number of Topliss-reactive ketones (excluding diaryl/α,β-unsaturated/α-hetero) is 1. The van der Waals surface area contributed by atoms with Crippen LogP contribution in [0.1, 0.15) is 21.7 Å². The summed E-state index contributed by atoms with van der Waals surface area (Å²) in [5.41, 5.74) is 3.24. The number of halogens is 1. The van der Waals surface area contributed by atoms with Gasteiger partial charge < -0.3 is 9.73 Å². The van der Waals surface area contributed by atoms with Gasteiger partial charge in [-0.25, -0.2) is 9.37 Å². The molecule has 0 radical (unpaired) electrons. The molecule has 2 aromatic heterocycles. The van der Waals surface area contributed by atoms with Gasteiger partial charge in [-0.3, -0.25) is 4.79 Å². The van der Waals surface area contributed by atoms with E-state index in [1.807, 2.05) is 19.1 Å². The molecule has 4 nitrogen and oxygen atoms in total. The topological polar surface area (TPSA) is 55.1 Å². The second-order valence-corrected chi connectivity index (χ2v) is 6.99. The van der Waals surface area contributed by atoms with Crippen LogP contribution in [0, 0.1) is 19.7 Å². The van der Waals surface area contributed by atoms with E-state index in [1.165, 1.54) is 35.1 Å². The Morgan fingerprint density at radius 1 is 1.24 bits per heavy atom. The fourth-order valence-corrected chi connectivity index (χ4v) is 3.76. The molecule has 0 aliphatic rings. The summed E-state index contributed by atoms with van der Waals surface area (Å²) in [6.07, 6.45) is 0. The molecule has 0 bridgehead atoms. The van der Waals surface area contributed by atoms with E-state index in [1.54, 1.807) is 6.92 Å². The van der Waals surface area contributed by atoms with Crippen LogP contribution in [0.25, 0.3) is 21.2 Å². The highest BCUT2D eigenvalue weighted by molar-refractivity contribution is 7.22. The molecule has 0 aliphatic heterocycles. The maximum atomic E-state index is 13.4. The van der Waals surface area contributed by atoms with Gasteiger partial charge >= 0.3 is 0 Å². The van der Waals surface area contributed by atoms with Crippen molar-refractivity contribution in [2.45, 2.75) is 13.8 Å². The number of hydrogen-bond donors (Lipinski definition) is 1. The van der Waals surface area contributed by atoms with Crippen LogP contribution in [0.2, 0.25) is 0 Å². The molecule has 4 aromatic rings. The number of furan rings is 1. The van der Waals surface area contributed by atoms with Crippen LogP contribution in [-0.4, -0.2) is 17.3 Å². The summed E-state index contributed by atoms with van der Waals surface area (Å²) in [6, 6.07) is 10.3. The number of aryl methyl sites for hydroxylation is 2. The Morgan fingerprint density at radius 2 is 2.08 bits per heavy atom. The molecule has 6 heteroatoms. The molecule has 0 fully saturated rings. The number of fused-ring (bicyclic) bond motifs is 2. The highest BCUT2D eigenvalue weighted by atomic mass is 32.1. The first-order valence-electron chi connectivity index (χ1n) is 7.84. The van der Waals surface area contributed by atoms with Gasteiger partial charge in [0, 0.05) is 10.9 Å². The number of nitrogens with one attached hydrogen (secondary N) is 1. The lowest BCUT2D eigenvalue weighted by molar-refractivity contribution is 0.0981. The van der Waals surface area contributed by atoms with Crippen LogP contribution >= 0.6 is 11.3 Å². The van der Waals surface area contributed by atoms with E-state index in [0.29, 0.717) is 21.7 Å². The second-order valence-electron chi connectivity index (χ2n) is 5.96. The largest absolute Gasteiger partial charge is 0.453 e. The maximum absolute atomic E-state index is 13.4. The first-order valence-corrected chi connectivity index (χ1v) is 8.66. The van der Waals surface area contributed by atoms with Crippen molar-refractivity contribution in [3.8, 4) is 0 Å². The van der Waals surface area contributed by atoms with Crippen molar-refractivity contribution in [2.24, 2.45) is 0 Å². The lowest BCUT2D eigenvalue weighted by Crippen LogP contribution is -2.14. The SMILES string of the molecule is Cc1ccc2nc(NCC(=O)c3oc4ccc(F)cc4c3C)sc2c1. The van der Waals surface area contributed by atoms with Crippen molar-refractivity contribution in [3.63, 3.8) is 0 Å². The van der Waals surface area contributed by atoms with Crippen LogP contribution in [0.4, 0.5) is 9.52 Å². The van der Waals surface area contributed by atoms with E-state index >= 15 is 0 Å². The van der Waals surface area contributed by atoms with Crippen molar-refractivity contribution in [3.05, 3.63) is 59.1 Å². The van der Waals surface area contributed by atoms with Crippen LogP contribution in [0.3, 0.4) is 0 Å². The second kappa shape index (κ2) is 5.97. The fourth-order valence-electron chi connectivity index (χ4n) is 2.80. The number of nitrogens with zero attached hydrogens (tertiary/aromatic N) is 1. The summed E-state index contributed by atoms with van der Waals surface area (Å²) in [6.45, 7) is 3.86. The summed E-state index contributed by atoms with van der Waals surface area (Å²) in [4.78, 5) is 17.0. The molecule has 2 aromatic carbocycles. The molecule has 1 N–H and O–H groups in total. The average molecular weight is 354 g/mol. The third kappa shape index (κ3) is 2.89. The molecule has 0 atom stereocenters. The number of carbonyl (C=O) groups is 1. The molecular formula is C19H15FN2O2S. The van der Waals surface area contributed by atoms with Crippen LogP contribution < -0.4 is 5.32 Å². The third-order valence-corrected chi connectivity index (χ3v) is 5.07. The van der Waals surface area contributed by atoms with Crippen molar-refractivity contribution in [1.29, 1.82) is 0 Å². The molecular weight excluding hydrogens is 339 g/mol. The van der Waals surface area contributed by atoms with E-state index in [0.717, 1.165) is 10.2 Å². The van der Waals surface area contributed by atoms with Gasteiger partial charge in [0.1, 0.15) is 11.4 Å². The van der Waals surface area contributed by atoms with Crippen molar-refractivity contribution >= 4 is 43.4 Å². The van der Waals surface area contributed by atoms with Gasteiger partial charge in [0.15, 0.2) is 10.9 Å². The number of hydrogen-bond acceptors (Lipinski definition) is 5. The molecule has 0 aliphatic carbocycles. The molecule has 25 heavy (non-hydrogen) atoms. The van der Waals surface area contributed by atoms with E-state index in [9.17, 15) is 9.18 Å². The zero-order valence-electron chi connectivity index (χ0n) is 13.7. The molecule has 4 rings (SSSR count). The Balaban J connectivity index is 1.56. The number of ketones is 1. The number of carbonyl (C=O) groups excluding carboxylic acids is 1. The zero-order chi connectivity index (χ0) is 17.6. The minimum absolute atomic E-state index is 0.0714. The van der Waals surface area contributed by atoms with Gasteiger partial charge in [0.2, 0.25) is 5.78 Å². The lowest BCUT2D eigenvalue weighted by Gasteiger charge is -2.00. The normalized spacial score (nSPS) is 11.3. The predicted molar refractivity (Wildman–Crippen MR) is 98.1 cm³/mol. The van der Waals surface area contributed by atoms with Crippen molar-refractivity contribution in [2.75, 3.05) is 11.9 Å². The number of benzene rings is 2. The van der Waals surface area contributed by atoms with Gasteiger partial charge in [-0.05, 0) is 49.7 Å². The highest BCUT2D eigenvalue weighted by Crippen LogP contribution is 2.28. The molecule has 0 saturated heterocycles. The third-order valence-electron chi connectivity index (χ3n) is 4.10. The Bertz CT molecular complexity index is 1110. The number of aromatic nitrogens is 1. The quantitative estimate of drug-likeness (QED) is 0.519. The molecule has 126 valence electrons. The fraction of sp³-hybridized carbons (Fsp3) is 0.158. The Labute approximate surface area is 147 Å². The van der Waals surface area contributed by atoms with Crippen molar-refractivity contribution < 1.29 is 13.6 Å². The average Bonchev–Trinajstić information content (AvgIpc) is 3.13. The smallest absolute Gasteiger partial charge is 0.217 e. The Hall–Kier alpha value is -2.73. The Morgan fingerprint density at radius 3 is 2.92 bits per heavy atom. The van der Waals surface area contributed by atoms with Gasteiger partial charge in [0.25, 0.3) is 0 Å². The minimum Gasteiger partial charge on any atom is -0.453 e. The summed E-state index contributed by atoms with van der Waals surface area (Å²) >= 11 is 1.51. The summed E-state index contributed by atoms with van der Waals surface area (Å²) < 4.78 is 20.1. The van der Waals surface area contributed by atoms with E-state index in [4.69, 9.17) is 4.42 Å². The van der Waals surface area contributed by atoms with E-state index in [-0.39, 0.29) is 23.9 Å². The van der Waals surface area contributed by atoms with Crippen LogP contribution in [0.15, 0.2) is 40.8 Å². The Kier molecular flexibility index (Phi) is 3.77. The van der Waals surface area contributed by atoms with Crippen molar-refractivity contribution in [1.82, 2.24) is 4.98 Å². The molecule has 0 saturated carbocycles. The predicted octanol–water partition coefficient (Wildman–Crippen LogP) is 5.09. The first kappa shape index (κ1) is 15.8. The number of thiazole rings is 1. The van der Waals surface area contributed by atoms with Crippen LogP contribution in [0.5, 0.6) is 0 Å². The van der Waals surface area contributed by atoms with Gasteiger partial charge in [-0.1, -0.05) is 17.4 Å².